The van der Waals surface area contributed by atoms with E-state index in [1.54, 1.807) is 12.1 Å². The summed E-state index contributed by atoms with van der Waals surface area (Å²) in [5.74, 6) is -0.230. The van der Waals surface area contributed by atoms with Gasteiger partial charge < -0.3 is 24.3 Å². The van der Waals surface area contributed by atoms with Gasteiger partial charge in [0.1, 0.15) is 5.82 Å². The number of aromatic nitrogens is 2. The van der Waals surface area contributed by atoms with E-state index >= 15 is 0 Å². The summed E-state index contributed by atoms with van der Waals surface area (Å²) in [6.07, 6.45) is -0.144. The molecular weight excluding hydrogens is 398 g/mol. The molecule has 11 heteroatoms. The van der Waals surface area contributed by atoms with Crippen LogP contribution in [0.25, 0.3) is 0 Å². The number of benzene rings is 1. The molecule has 1 N–H and O–H groups in total. The van der Waals surface area contributed by atoms with E-state index in [4.69, 9.17) is 18.9 Å². The average Bonchev–Trinajstić information content (AvgIpc) is 2.73. The van der Waals surface area contributed by atoms with Crippen LogP contribution in [0.15, 0.2) is 27.8 Å². The van der Waals surface area contributed by atoms with Gasteiger partial charge in [-0.05, 0) is 17.7 Å². The third-order valence-electron chi connectivity index (χ3n) is 4.23. The van der Waals surface area contributed by atoms with Crippen molar-refractivity contribution in [3.05, 3.63) is 44.6 Å². The standard InChI is InChI=1S/C19H23N3O8/c1-21-14(9-16(24)22(2)19(21)26)20-15(23)10-30-17(25)8-11-6-12(27-3)18(29-5)13(7-11)28-4/h6-7,9H,8,10H2,1-5H3,(H,20,23). The third-order valence-corrected chi connectivity index (χ3v) is 4.23. The maximum Gasteiger partial charge on any atom is 0.332 e. The maximum atomic E-state index is 12.1. The Bertz CT molecular complexity index is 1050. The summed E-state index contributed by atoms with van der Waals surface area (Å²) in [5.41, 5.74) is -0.645. The zero-order valence-electron chi connectivity index (χ0n) is 17.3. The lowest BCUT2D eigenvalue weighted by molar-refractivity contribution is -0.146. The highest BCUT2D eigenvalue weighted by atomic mass is 16.5. The Morgan fingerprint density at radius 3 is 2.07 bits per heavy atom. The van der Waals surface area contributed by atoms with Gasteiger partial charge in [-0.25, -0.2) is 4.79 Å². The minimum atomic E-state index is -0.698. The molecule has 0 radical (unpaired) electrons. The summed E-state index contributed by atoms with van der Waals surface area (Å²) >= 11 is 0. The largest absolute Gasteiger partial charge is 0.493 e. The smallest absolute Gasteiger partial charge is 0.332 e. The Morgan fingerprint density at radius 2 is 1.53 bits per heavy atom. The molecule has 0 unspecified atom stereocenters. The van der Waals surface area contributed by atoms with Crippen molar-refractivity contribution in [2.24, 2.45) is 14.1 Å². The predicted octanol–water partition coefficient (Wildman–Crippen LogP) is -0.166. The number of methoxy groups -OCH3 is 3. The number of carbonyl (C=O) groups is 2. The molecule has 2 aromatic rings. The van der Waals surface area contributed by atoms with E-state index in [1.807, 2.05) is 0 Å². The van der Waals surface area contributed by atoms with Gasteiger partial charge in [0.05, 0.1) is 27.8 Å². The van der Waals surface area contributed by atoms with Crippen LogP contribution < -0.4 is 30.8 Å². The monoisotopic (exact) mass is 421 g/mol. The summed E-state index contributed by atoms with van der Waals surface area (Å²) in [6.45, 7) is -0.591. The van der Waals surface area contributed by atoms with E-state index < -0.39 is 29.7 Å². The van der Waals surface area contributed by atoms with Crippen molar-refractivity contribution in [2.45, 2.75) is 6.42 Å². The van der Waals surface area contributed by atoms with Crippen LogP contribution in [0.1, 0.15) is 5.56 Å². The Morgan fingerprint density at radius 1 is 0.933 bits per heavy atom. The zero-order valence-corrected chi connectivity index (χ0v) is 17.3. The van der Waals surface area contributed by atoms with Gasteiger partial charge in [-0.3, -0.25) is 23.5 Å². The van der Waals surface area contributed by atoms with E-state index in [0.29, 0.717) is 22.8 Å². The highest BCUT2D eigenvalue weighted by Gasteiger charge is 2.16. The van der Waals surface area contributed by atoms with Crippen molar-refractivity contribution in [2.75, 3.05) is 33.3 Å². The predicted molar refractivity (Wildman–Crippen MR) is 106 cm³/mol. The van der Waals surface area contributed by atoms with Gasteiger partial charge in [0.25, 0.3) is 11.5 Å². The van der Waals surface area contributed by atoms with E-state index in [9.17, 15) is 19.2 Å². The summed E-state index contributed by atoms with van der Waals surface area (Å²) in [5, 5.41) is 2.37. The molecule has 162 valence electrons. The third kappa shape index (κ3) is 4.99. The number of rotatable bonds is 8. The minimum absolute atomic E-state index is 0.00576. The number of carbonyl (C=O) groups excluding carboxylic acids is 2. The second-order valence-electron chi connectivity index (χ2n) is 6.19. The van der Waals surface area contributed by atoms with Gasteiger partial charge in [0, 0.05) is 20.2 Å². The molecule has 0 fully saturated rings. The van der Waals surface area contributed by atoms with Crippen LogP contribution in [-0.2, 0) is 34.8 Å². The van der Waals surface area contributed by atoms with Crippen LogP contribution in [0.4, 0.5) is 5.82 Å². The summed E-state index contributed by atoms with van der Waals surface area (Å²) in [6, 6.07) is 4.29. The van der Waals surface area contributed by atoms with Gasteiger partial charge in [-0.2, -0.15) is 0 Å². The second-order valence-corrected chi connectivity index (χ2v) is 6.19. The summed E-state index contributed by atoms with van der Waals surface area (Å²) in [7, 11) is 7.09. The molecule has 30 heavy (non-hydrogen) atoms. The van der Waals surface area contributed by atoms with E-state index in [-0.39, 0.29) is 12.2 Å². The topological polar surface area (TPSA) is 127 Å². The highest BCUT2D eigenvalue weighted by Crippen LogP contribution is 2.38. The number of ether oxygens (including phenoxy) is 4. The SMILES string of the molecule is COc1cc(CC(=O)OCC(=O)Nc2cc(=O)n(C)c(=O)n2C)cc(OC)c1OC. The van der Waals surface area contributed by atoms with Gasteiger partial charge in [0.2, 0.25) is 5.75 Å². The minimum Gasteiger partial charge on any atom is -0.493 e. The van der Waals surface area contributed by atoms with Gasteiger partial charge in [-0.1, -0.05) is 0 Å². The number of anilines is 1. The number of nitrogens with zero attached hydrogens (tertiary/aromatic N) is 2. The van der Waals surface area contributed by atoms with Gasteiger partial charge in [-0.15, -0.1) is 0 Å². The molecule has 1 aromatic carbocycles. The van der Waals surface area contributed by atoms with Crippen LogP contribution in [0, 0.1) is 0 Å². The molecule has 0 aliphatic carbocycles. The number of nitrogens with one attached hydrogen (secondary N) is 1. The molecule has 0 saturated carbocycles. The molecule has 0 aliphatic heterocycles. The molecule has 2 rings (SSSR count). The normalized spacial score (nSPS) is 10.3. The number of hydrogen-bond acceptors (Lipinski definition) is 8. The fourth-order valence-electron chi connectivity index (χ4n) is 2.63. The fourth-order valence-corrected chi connectivity index (χ4v) is 2.63. The molecule has 1 aromatic heterocycles. The molecule has 0 bridgehead atoms. The number of amides is 1. The first-order valence-electron chi connectivity index (χ1n) is 8.73. The van der Waals surface area contributed by atoms with Crippen molar-refractivity contribution in [3.63, 3.8) is 0 Å². The van der Waals surface area contributed by atoms with Crippen molar-refractivity contribution in [3.8, 4) is 17.2 Å². The summed E-state index contributed by atoms with van der Waals surface area (Å²) in [4.78, 5) is 47.7. The quantitative estimate of drug-likeness (QED) is 0.583. The average molecular weight is 421 g/mol. The van der Waals surface area contributed by atoms with Crippen LogP contribution in [0.5, 0.6) is 17.2 Å². The highest BCUT2D eigenvalue weighted by molar-refractivity contribution is 5.92. The molecule has 0 saturated heterocycles. The first-order chi connectivity index (χ1) is 14.2. The Labute approximate surface area is 171 Å². The molecule has 1 amide bonds. The van der Waals surface area contributed by atoms with E-state index in [1.165, 1.54) is 35.4 Å². The van der Waals surface area contributed by atoms with E-state index in [2.05, 4.69) is 5.32 Å². The first kappa shape index (κ1) is 22.5. The molecular formula is C19H23N3O8. The van der Waals surface area contributed by atoms with Crippen molar-refractivity contribution in [1.82, 2.24) is 9.13 Å². The van der Waals surface area contributed by atoms with Gasteiger partial charge >= 0.3 is 11.7 Å². The van der Waals surface area contributed by atoms with Crippen LogP contribution in [-0.4, -0.2) is 48.9 Å². The van der Waals surface area contributed by atoms with Crippen molar-refractivity contribution >= 4 is 17.7 Å². The first-order valence-corrected chi connectivity index (χ1v) is 8.73. The van der Waals surface area contributed by atoms with Crippen molar-refractivity contribution in [1.29, 1.82) is 0 Å². The Balaban J connectivity index is 2.02. The Hall–Kier alpha value is -3.76. The lowest BCUT2D eigenvalue weighted by Crippen LogP contribution is -2.38. The second kappa shape index (κ2) is 9.63. The molecule has 0 spiro atoms. The maximum absolute atomic E-state index is 12.1. The zero-order chi connectivity index (χ0) is 22.4. The Kier molecular flexibility index (Phi) is 7.23. The van der Waals surface area contributed by atoms with Crippen LogP contribution in [0.3, 0.4) is 0 Å². The summed E-state index contributed by atoms with van der Waals surface area (Å²) < 4.78 is 22.6. The number of esters is 1. The lowest BCUT2D eigenvalue weighted by atomic mass is 10.1. The molecule has 0 atom stereocenters. The van der Waals surface area contributed by atoms with Crippen molar-refractivity contribution < 1.29 is 28.5 Å². The molecule has 1 heterocycles. The van der Waals surface area contributed by atoms with Crippen LogP contribution >= 0.6 is 0 Å². The van der Waals surface area contributed by atoms with E-state index in [0.717, 1.165) is 15.2 Å². The lowest BCUT2D eigenvalue weighted by Gasteiger charge is -2.14. The fraction of sp³-hybridized carbons (Fsp3) is 0.368. The molecule has 0 aliphatic rings. The van der Waals surface area contributed by atoms with Gasteiger partial charge in [0.15, 0.2) is 18.1 Å². The number of hydrogen-bond donors (Lipinski definition) is 1. The molecule has 11 nitrogen and oxygen atoms in total. The van der Waals surface area contributed by atoms with Crippen LogP contribution in [0.2, 0.25) is 0 Å².